The summed E-state index contributed by atoms with van der Waals surface area (Å²) in [6.45, 7) is 2.66. The number of hydrogen-bond donors (Lipinski definition) is 0. The van der Waals surface area contributed by atoms with E-state index in [1.54, 1.807) is 0 Å². The SMILES string of the molecule is CC(=Cc1ccccc1)C(=O)N1CCc2ccccc21. The van der Waals surface area contributed by atoms with Crippen molar-refractivity contribution < 1.29 is 4.79 Å². The van der Waals surface area contributed by atoms with Crippen LogP contribution in [0.4, 0.5) is 5.69 Å². The van der Waals surface area contributed by atoms with Gasteiger partial charge in [0.25, 0.3) is 5.91 Å². The molecule has 3 rings (SSSR count). The van der Waals surface area contributed by atoms with Crippen LogP contribution in [0.2, 0.25) is 0 Å². The molecule has 100 valence electrons. The molecule has 1 heterocycles. The Morgan fingerprint density at radius 3 is 2.55 bits per heavy atom. The molecule has 2 nitrogen and oxygen atoms in total. The number of anilines is 1. The first-order valence-electron chi connectivity index (χ1n) is 6.89. The summed E-state index contributed by atoms with van der Waals surface area (Å²) >= 11 is 0. The van der Waals surface area contributed by atoms with Gasteiger partial charge in [-0.3, -0.25) is 4.79 Å². The third kappa shape index (κ3) is 2.37. The Bertz CT molecular complexity index is 658. The largest absolute Gasteiger partial charge is 0.308 e. The Morgan fingerprint density at radius 2 is 1.75 bits per heavy atom. The van der Waals surface area contributed by atoms with Crippen LogP contribution in [-0.2, 0) is 11.2 Å². The number of hydrogen-bond acceptors (Lipinski definition) is 1. The van der Waals surface area contributed by atoms with Crippen molar-refractivity contribution in [3.8, 4) is 0 Å². The fourth-order valence-electron chi connectivity index (χ4n) is 2.62. The average Bonchev–Trinajstić information content (AvgIpc) is 2.91. The highest BCUT2D eigenvalue weighted by Gasteiger charge is 2.24. The van der Waals surface area contributed by atoms with Crippen molar-refractivity contribution in [2.45, 2.75) is 13.3 Å². The van der Waals surface area contributed by atoms with Crippen molar-refractivity contribution in [3.05, 3.63) is 71.3 Å². The maximum absolute atomic E-state index is 12.6. The number of amides is 1. The molecule has 0 radical (unpaired) electrons. The van der Waals surface area contributed by atoms with Gasteiger partial charge in [-0.25, -0.2) is 0 Å². The van der Waals surface area contributed by atoms with Gasteiger partial charge in [-0.05, 0) is 36.6 Å². The van der Waals surface area contributed by atoms with Crippen molar-refractivity contribution >= 4 is 17.7 Å². The summed E-state index contributed by atoms with van der Waals surface area (Å²) in [7, 11) is 0. The number of carbonyl (C=O) groups is 1. The van der Waals surface area contributed by atoms with E-state index in [0.29, 0.717) is 0 Å². The molecule has 0 unspecified atom stereocenters. The van der Waals surface area contributed by atoms with Crippen LogP contribution < -0.4 is 4.90 Å². The van der Waals surface area contributed by atoms with E-state index in [2.05, 4.69) is 6.07 Å². The lowest BCUT2D eigenvalue weighted by Gasteiger charge is -2.17. The number of benzene rings is 2. The van der Waals surface area contributed by atoms with E-state index < -0.39 is 0 Å². The first-order chi connectivity index (χ1) is 9.75. The second-order valence-corrected chi connectivity index (χ2v) is 5.07. The van der Waals surface area contributed by atoms with Gasteiger partial charge in [-0.2, -0.15) is 0 Å². The first kappa shape index (κ1) is 12.7. The summed E-state index contributed by atoms with van der Waals surface area (Å²) in [4.78, 5) is 14.4. The quantitative estimate of drug-likeness (QED) is 0.757. The second kappa shape index (κ2) is 5.33. The van der Waals surface area contributed by atoms with Crippen LogP contribution in [0.25, 0.3) is 6.08 Å². The molecule has 0 bridgehead atoms. The highest BCUT2D eigenvalue weighted by atomic mass is 16.2. The summed E-state index contributed by atoms with van der Waals surface area (Å²) in [6.07, 6.45) is 2.89. The standard InChI is InChI=1S/C18H17NO/c1-14(13-15-7-3-2-4-8-15)18(20)19-12-11-16-9-5-6-10-17(16)19/h2-10,13H,11-12H2,1H3. The van der Waals surface area contributed by atoms with Crippen molar-refractivity contribution in [3.63, 3.8) is 0 Å². The molecule has 2 aromatic carbocycles. The van der Waals surface area contributed by atoms with Crippen LogP contribution in [0.5, 0.6) is 0 Å². The molecule has 0 N–H and O–H groups in total. The maximum Gasteiger partial charge on any atom is 0.253 e. The van der Waals surface area contributed by atoms with Gasteiger partial charge in [0.2, 0.25) is 0 Å². The third-order valence-corrected chi connectivity index (χ3v) is 3.65. The van der Waals surface area contributed by atoms with Crippen LogP contribution >= 0.6 is 0 Å². The van der Waals surface area contributed by atoms with E-state index >= 15 is 0 Å². The number of fused-ring (bicyclic) bond motifs is 1. The van der Waals surface area contributed by atoms with Gasteiger partial charge < -0.3 is 4.90 Å². The predicted molar refractivity (Wildman–Crippen MR) is 82.6 cm³/mol. The van der Waals surface area contributed by atoms with Crippen LogP contribution in [0.15, 0.2) is 60.2 Å². The second-order valence-electron chi connectivity index (χ2n) is 5.07. The molecule has 1 amide bonds. The molecule has 0 saturated carbocycles. The number of para-hydroxylation sites is 1. The van der Waals surface area contributed by atoms with Crippen LogP contribution in [0, 0.1) is 0 Å². The van der Waals surface area contributed by atoms with E-state index in [-0.39, 0.29) is 5.91 Å². The lowest BCUT2D eigenvalue weighted by Crippen LogP contribution is -2.29. The minimum Gasteiger partial charge on any atom is -0.308 e. The zero-order valence-corrected chi connectivity index (χ0v) is 11.5. The highest BCUT2D eigenvalue weighted by Crippen LogP contribution is 2.28. The van der Waals surface area contributed by atoms with Gasteiger partial charge in [0.05, 0.1) is 0 Å². The summed E-state index contributed by atoms with van der Waals surface area (Å²) in [5, 5.41) is 0. The van der Waals surface area contributed by atoms with E-state index in [0.717, 1.165) is 29.8 Å². The third-order valence-electron chi connectivity index (χ3n) is 3.65. The molecular formula is C18H17NO. The van der Waals surface area contributed by atoms with Gasteiger partial charge >= 0.3 is 0 Å². The summed E-state index contributed by atoms with van der Waals surface area (Å²) in [5.41, 5.74) is 4.14. The zero-order chi connectivity index (χ0) is 13.9. The van der Waals surface area contributed by atoms with Crippen molar-refractivity contribution in [1.29, 1.82) is 0 Å². The molecule has 0 saturated heterocycles. The van der Waals surface area contributed by atoms with E-state index in [9.17, 15) is 4.79 Å². The molecule has 2 heteroatoms. The van der Waals surface area contributed by atoms with Gasteiger partial charge in [0.1, 0.15) is 0 Å². The molecule has 2 aromatic rings. The topological polar surface area (TPSA) is 20.3 Å². The van der Waals surface area contributed by atoms with Crippen molar-refractivity contribution in [2.75, 3.05) is 11.4 Å². The van der Waals surface area contributed by atoms with Crippen molar-refractivity contribution in [1.82, 2.24) is 0 Å². The van der Waals surface area contributed by atoms with Gasteiger partial charge in [0.15, 0.2) is 0 Å². The maximum atomic E-state index is 12.6. The molecular weight excluding hydrogens is 246 g/mol. The summed E-state index contributed by atoms with van der Waals surface area (Å²) in [6, 6.07) is 18.1. The Balaban J connectivity index is 1.86. The zero-order valence-electron chi connectivity index (χ0n) is 11.5. The van der Waals surface area contributed by atoms with Gasteiger partial charge in [-0.1, -0.05) is 48.5 Å². The number of carbonyl (C=O) groups excluding carboxylic acids is 1. The van der Waals surface area contributed by atoms with Crippen molar-refractivity contribution in [2.24, 2.45) is 0 Å². The Morgan fingerprint density at radius 1 is 1.05 bits per heavy atom. The predicted octanol–water partition coefficient (Wildman–Crippen LogP) is 3.68. The molecule has 0 aromatic heterocycles. The molecule has 0 fully saturated rings. The van der Waals surface area contributed by atoms with Crippen LogP contribution in [0.3, 0.4) is 0 Å². The minimum atomic E-state index is 0.0961. The normalized spacial score (nSPS) is 14.2. The van der Waals surface area contributed by atoms with E-state index in [4.69, 9.17) is 0 Å². The van der Waals surface area contributed by atoms with Gasteiger partial charge in [0, 0.05) is 17.8 Å². The molecule has 20 heavy (non-hydrogen) atoms. The molecule has 1 aliphatic rings. The fourth-order valence-corrected chi connectivity index (χ4v) is 2.62. The summed E-state index contributed by atoms with van der Waals surface area (Å²) in [5.74, 6) is 0.0961. The lowest BCUT2D eigenvalue weighted by atomic mass is 10.1. The number of rotatable bonds is 2. The van der Waals surface area contributed by atoms with E-state index in [1.807, 2.05) is 66.4 Å². The monoisotopic (exact) mass is 263 g/mol. The molecule has 0 aliphatic carbocycles. The Labute approximate surface area is 119 Å². The average molecular weight is 263 g/mol. The highest BCUT2D eigenvalue weighted by molar-refractivity contribution is 6.08. The molecule has 0 atom stereocenters. The fraction of sp³-hybridized carbons (Fsp3) is 0.167. The number of nitrogens with zero attached hydrogens (tertiary/aromatic N) is 1. The summed E-state index contributed by atoms with van der Waals surface area (Å²) < 4.78 is 0. The lowest BCUT2D eigenvalue weighted by molar-refractivity contribution is -0.114. The minimum absolute atomic E-state index is 0.0961. The van der Waals surface area contributed by atoms with E-state index in [1.165, 1.54) is 5.56 Å². The molecule has 1 aliphatic heterocycles. The van der Waals surface area contributed by atoms with Crippen LogP contribution in [-0.4, -0.2) is 12.5 Å². The Hall–Kier alpha value is -2.35. The Kier molecular flexibility index (Phi) is 3.38. The van der Waals surface area contributed by atoms with Gasteiger partial charge in [-0.15, -0.1) is 0 Å². The van der Waals surface area contributed by atoms with Crippen LogP contribution in [0.1, 0.15) is 18.1 Å². The molecule has 0 spiro atoms. The smallest absolute Gasteiger partial charge is 0.253 e. The first-order valence-corrected chi connectivity index (χ1v) is 6.89.